The molecule has 1 fully saturated rings. The molecule has 0 bridgehead atoms. The molecule has 0 spiro atoms. The summed E-state index contributed by atoms with van der Waals surface area (Å²) in [4.78, 5) is 11.5. The van der Waals surface area contributed by atoms with Crippen LogP contribution in [0.1, 0.15) is 12.8 Å². The van der Waals surface area contributed by atoms with Gasteiger partial charge in [0.2, 0.25) is 5.13 Å². The van der Waals surface area contributed by atoms with Gasteiger partial charge in [0.1, 0.15) is 5.60 Å². The first-order valence-electron chi connectivity index (χ1n) is 4.75. The molecule has 5 nitrogen and oxygen atoms in total. The molecule has 1 amide bonds. The number of nitrogens with one attached hydrogen (secondary N) is 1. The van der Waals surface area contributed by atoms with Crippen molar-refractivity contribution in [3.05, 3.63) is 12.7 Å². The van der Waals surface area contributed by atoms with Gasteiger partial charge >= 0.3 is 0 Å². The third-order valence-corrected chi connectivity index (χ3v) is 4.07. The van der Waals surface area contributed by atoms with Crippen LogP contribution in [0.2, 0.25) is 0 Å². The molecule has 7 heteroatoms. The third-order valence-electron chi connectivity index (χ3n) is 2.10. The van der Waals surface area contributed by atoms with Gasteiger partial charge in [-0.3, -0.25) is 10.1 Å². The highest BCUT2D eigenvalue weighted by Crippen LogP contribution is 2.36. The molecule has 86 valence electrons. The molecule has 1 aromatic rings. The van der Waals surface area contributed by atoms with Crippen LogP contribution in [-0.2, 0) is 4.79 Å². The number of rotatable bonds is 5. The molecule has 2 N–H and O–H groups in total. The zero-order valence-corrected chi connectivity index (χ0v) is 10.1. The zero-order chi connectivity index (χ0) is 11.6. The van der Waals surface area contributed by atoms with Gasteiger partial charge in [-0.2, -0.15) is 0 Å². The van der Waals surface area contributed by atoms with E-state index in [1.165, 1.54) is 23.1 Å². The van der Waals surface area contributed by atoms with Crippen LogP contribution < -0.4 is 5.32 Å². The average molecular weight is 257 g/mol. The van der Waals surface area contributed by atoms with Gasteiger partial charge in [-0.05, 0) is 12.8 Å². The van der Waals surface area contributed by atoms with Crippen LogP contribution in [0, 0.1) is 0 Å². The summed E-state index contributed by atoms with van der Waals surface area (Å²) in [6, 6.07) is 0. The molecule has 2 rings (SSSR count). The molecule has 1 aliphatic carbocycles. The standard InChI is InChI=1S/C9H11N3O2S2/c1-2-5-15-8-12-11-7(16-8)10-6(13)9(14)3-4-9/h2,14H,1,3-5H2,(H,10,11,13). The number of aliphatic hydroxyl groups is 1. The maximum Gasteiger partial charge on any atom is 0.258 e. The third kappa shape index (κ3) is 2.60. The molecular weight excluding hydrogens is 246 g/mol. The Morgan fingerprint density at radius 3 is 3.06 bits per heavy atom. The summed E-state index contributed by atoms with van der Waals surface area (Å²) in [5, 5.41) is 20.2. The lowest BCUT2D eigenvalue weighted by molar-refractivity contribution is -0.125. The van der Waals surface area contributed by atoms with Crippen LogP contribution in [-0.4, -0.2) is 32.6 Å². The van der Waals surface area contributed by atoms with E-state index in [4.69, 9.17) is 0 Å². The lowest BCUT2D eigenvalue weighted by Gasteiger charge is -2.04. The van der Waals surface area contributed by atoms with Crippen LogP contribution in [0.3, 0.4) is 0 Å². The largest absolute Gasteiger partial charge is 0.380 e. The fraction of sp³-hybridized carbons (Fsp3) is 0.444. The van der Waals surface area contributed by atoms with Gasteiger partial charge in [-0.15, -0.1) is 16.8 Å². The minimum atomic E-state index is -1.17. The van der Waals surface area contributed by atoms with Crippen molar-refractivity contribution in [3.8, 4) is 0 Å². The van der Waals surface area contributed by atoms with E-state index in [9.17, 15) is 9.90 Å². The Balaban J connectivity index is 1.92. The summed E-state index contributed by atoms with van der Waals surface area (Å²) in [5.74, 6) is 0.371. The Hall–Kier alpha value is -0.920. The molecule has 16 heavy (non-hydrogen) atoms. The molecule has 0 radical (unpaired) electrons. The van der Waals surface area contributed by atoms with Crippen LogP contribution in [0.5, 0.6) is 0 Å². The Morgan fingerprint density at radius 1 is 1.69 bits per heavy atom. The van der Waals surface area contributed by atoms with Crippen molar-refractivity contribution in [1.82, 2.24) is 10.2 Å². The second kappa shape index (κ2) is 4.52. The maximum atomic E-state index is 11.5. The summed E-state index contributed by atoms with van der Waals surface area (Å²) in [6.45, 7) is 3.60. The summed E-state index contributed by atoms with van der Waals surface area (Å²) < 4.78 is 0.776. The van der Waals surface area contributed by atoms with Crippen molar-refractivity contribution in [2.24, 2.45) is 0 Å². The summed E-state index contributed by atoms with van der Waals surface area (Å²) in [7, 11) is 0. The minimum Gasteiger partial charge on any atom is -0.380 e. The normalized spacial score (nSPS) is 16.8. The Kier molecular flexibility index (Phi) is 3.27. The van der Waals surface area contributed by atoms with Gasteiger partial charge in [0.25, 0.3) is 5.91 Å². The molecule has 1 aliphatic rings. The minimum absolute atomic E-state index is 0.385. The average Bonchev–Trinajstić information content (AvgIpc) is 2.87. The quantitative estimate of drug-likeness (QED) is 0.472. The number of thioether (sulfide) groups is 1. The van der Waals surface area contributed by atoms with Crippen molar-refractivity contribution in [1.29, 1.82) is 0 Å². The number of hydrogen-bond acceptors (Lipinski definition) is 6. The van der Waals surface area contributed by atoms with E-state index < -0.39 is 5.60 Å². The maximum absolute atomic E-state index is 11.5. The lowest BCUT2D eigenvalue weighted by atomic mass is 10.3. The van der Waals surface area contributed by atoms with Gasteiger partial charge in [0.15, 0.2) is 4.34 Å². The molecule has 0 atom stereocenters. The number of carbonyl (C=O) groups excluding carboxylic acids is 1. The van der Waals surface area contributed by atoms with E-state index in [1.54, 1.807) is 6.08 Å². The van der Waals surface area contributed by atoms with Crippen LogP contribution in [0.25, 0.3) is 0 Å². The Labute approximate surface area is 101 Å². The molecule has 1 saturated carbocycles. The van der Waals surface area contributed by atoms with Crippen LogP contribution >= 0.6 is 23.1 Å². The smallest absolute Gasteiger partial charge is 0.258 e. The molecule has 0 unspecified atom stereocenters. The predicted molar refractivity (Wildman–Crippen MR) is 63.6 cm³/mol. The van der Waals surface area contributed by atoms with E-state index >= 15 is 0 Å². The van der Waals surface area contributed by atoms with E-state index in [0.717, 1.165) is 10.1 Å². The lowest BCUT2D eigenvalue weighted by Crippen LogP contribution is -2.29. The fourth-order valence-electron chi connectivity index (χ4n) is 1.01. The highest BCUT2D eigenvalue weighted by molar-refractivity contribution is 8.01. The number of aromatic nitrogens is 2. The molecule has 0 saturated heterocycles. The number of hydrogen-bond donors (Lipinski definition) is 2. The SMILES string of the molecule is C=CCSc1nnc(NC(=O)C2(O)CC2)s1. The second-order valence-corrected chi connectivity index (χ2v) is 5.70. The van der Waals surface area contributed by atoms with Crippen LogP contribution in [0.15, 0.2) is 17.0 Å². The second-order valence-electron chi connectivity index (χ2n) is 3.46. The van der Waals surface area contributed by atoms with Gasteiger partial charge in [0, 0.05) is 5.75 Å². The monoisotopic (exact) mass is 257 g/mol. The van der Waals surface area contributed by atoms with Gasteiger partial charge < -0.3 is 5.11 Å². The predicted octanol–water partition coefficient (Wildman–Crippen LogP) is 1.28. The zero-order valence-electron chi connectivity index (χ0n) is 8.47. The van der Waals surface area contributed by atoms with Crippen molar-refractivity contribution >= 4 is 34.1 Å². The van der Waals surface area contributed by atoms with Gasteiger partial charge in [-0.25, -0.2) is 0 Å². The summed E-state index contributed by atoms with van der Waals surface area (Å²) in [5.41, 5.74) is -1.17. The fourth-order valence-corrected chi connectivity index (χ4v) is 2.52. The Bertz CT molecular complexity index is 415. The highest BCUT2D eigenvalue weighted by Gasteiger charge is 2.48. The first-order valence-corrected chi connectivity index (χ1v) is 6.55. The van der Waals surface area contributed by atoms with E-state index in [-0.39, 0.29) is 5.91 Å². The highest BCUT2D eigenvalue weighted by atomic mass is 32.2. The molecular formula is C9H11N3O2S2. The van der Waals surface area contributed by atoms with Crippen LogP contribution in [0.4, 0.5) is 5.13 Å². The first kappa shape index (κ1) is 11.6. The summed E-state index contributed by atoms with van der Waals surface area (Å²) in [6.07, 6.45) is 2.82. The number of nitrogens with zero attached hydrogens (tertiary/aromatic N) is 2. The van der Waals surface area contributed by atoms with Gasteiger partial charge in [0.05, 0.1) is 0 Å². The topological polar surface area (TPSA) is 75.1 Å². The summed E-state index contributed by atoms with van der Waals surface area (Å²) >= 11 is 2.80. The first-order chi connectivity index (χ1) is 7.64. The van der Waals surface area contributed by atoms with Gasteiger partial charge in [-0.1, -0.05) is 29.2 Å². The van der Waals surface area contributed by atoms with E-state index in [1.807, 2.05) is 0 Å². The molecule has 0 aliphatic heterocycles. The molecule has 1 heterocycles. The van der Waals surface area contributed by atoms with Crippen molar-refractivity contribution < 1.29 is 9.90 Å². The molecule has 0 aromatic carbocycles. The van der Waals surface area contributed by atoms with Crippen molar-refractivity contribution in [3.63, 3.8) is 0 Å². The van der Waals surface area contributed by atoms with Crippen molar-refractivity contribution in [2.45, 2.75) is 22.8 Å². The van der Waals surface area contributed by atoms with E-state index in [2.05, 4.69) is 22.1 Å². The van der Waals surface area contributed by atoms with Crippen molar-refractivity contribution in [2.75, 3.05) is 11.1 Å². The number of carbonyl (C=O) groups is 1. The Morgan fingerprint density at radius 2 is 2.44 bits per heavy atom. The van der Waals surface area contributed by atoms with E-state index in [0.29, 0.717) is 18.0 Å². The number of amides is 1. The molecule has 1 aromatic heterocycles. The number of anilines is 1.